The zero-order chi connectivity index (χ0) is 9.97. The third-order valence-corrected chi connectivity index (χ3v) is 3.77. The molecule has 0 spiro atoms. The summed E-state index contributed by atoms with van der Waals surface area (Å²) in [7, 11) is 0. The number of thioether (sulfide) groups is 1. The minimum absolute atomic E-state index is 0. The van der Waals surface area contributed by atoms with Crippen LogP contribution in [-0.4, -0.2) is 28.5 Å². The molecular weight excluding hydrogens is 230 g/mol. The Hall–Kier alpha value is -0.220. The van der Waals surface area contributed by atoms with E-state index >= 15 is 0 Å². The molecule has 1 N–H and O–H groups in total. The van der Waals surface area contributed by atoms with Crippen molar-refractivity contribution in [3.05, 3.63) is 35.9 Å². The molecule has 0 amide bonds. The molecule has 0 saturated carbocycles. The average molecular weight is 246 g/mol. The topological polar surface area (TPSA) is 23.5 Å². The van der Waals surface area contributed by atoms with Gasteiger partial charge in [-0.2, -0.15) is 0 Å². The lowest BCUT2D eigenvalue weighted by Gasteiger charge is -2.26. The number of nitrogens with zero attached hydrogens (tertiary/aromatic N) is 1. The van der Waals surface area contributed by atoms with Crippen molar-refractivity contribution in [2.45, 2.75) is 18.5 Å². The Morgan fingerprint density at radius 1 is 1.40 bits per heavy atom. The van der Waals surface area contributed by atoms with E-state index in [1.165, 1.54) is 5.56 Å². The number of benzene rings is 1. The fourth-order valence-corrected chi connectivity index (χ4v) is 3.13. The molecule has 2 atom stereocenters. The molecule has 84 valence electrons. The van der Waals surface area contributed by atoms with Gasteiger partial charge in [0.05, 0.1) is 5.37 Å². The molecule has 1 aromatic carbocycles. The van der Waals surface area contributed by atoms with Crippen molar-refractivity contribution in [3.63, 3.8) is 0 Å². The first kappa shape index (κ1) is 12.8. The Bertz CT molecular complexity index is 294. The fraction of sp³-hybridized carbons (Fsp3) is 0.455. The predicted octanol–water partition coefficient (Wildman–Crippen LogP) is 2.49. The van der Waals surface area contributed by atoms with Crippen molar-refractivity contribution in [1.82, 2.24) is 4.90 Å². The minimum Gasteiger partial charge on any atom is -0.379 e. The second-order valence-electron chi connectivity index (χ2n) is 3.50. The molecule has 0 bridgehead atoms. The van der Waals surface area contributed by atoms with Crippen molar-refractivity contribution >= 4 is 24.2 Å². The molecule has 4 heteroatoms. The van der Waals surface area contributed by atoms with Gasteiger partial charge >= 0.3 is 0 Å². The van der Waals surface area contributed by atoms with Gasteiger partial charge in [0.15, 0.2) is 0 Å². The molecular formula is C11H16ClNOS. The monoisotopic (exact) mass is 245 g/mol. The molecule has 1 aliphatic rings. The van der Waals surface area contributed by atoms with E-state index in [9.17, 15) is 5.11 Å². The summed E-state index contributed by atoms with van der Waals surface area (Å²) in [4.78, 5) is 2.12. The van der Waals surface area contributed by atoms with E-state index in [-0.39, 0.29) is 18.6 Å². The van der Waals surface area contributed by atoms with Crippen LogP contribution in [0.2, 0.25) is 0 Å². The van der Waals surface area contributed by atoms with Crippen LogP contribution in [0.1, 0.15) is 17.9 Å². The number of hydrogen-bond donors (Lipinski definition) is 1. The number of halogens is 1. The Morgan fingerprint density at radius 3 is 2.67 bits per heavy atom. The molecule has 1 aliphatic heterocycles. The van der Waals surface area contributed by atoms with Crippen LogP contribution in [0, 0.1) is 0 Å². The van der Waals surface area contributed by atoms with E-state index in [0.29, 0.717) is 5.37 Å². The molecule has 2 nitrogen and oxygen atoms in total. The first-order valence-electron chi connectivity index (χ1n) is 4.89. The molecule has 0 radical (unpaired) electrons. The lowest BCUT2D eigenvalue weighted by Crippen LogP contribution is -2.31. The Labute approximate surface area is 101 Å². The van der Waals surface area contributed by atoms with Gasteiger partial charge in [0.1, 0.15) is 6.23 Å². The van der Waals surface area contributed by atoms with Gasteiger partial charge in [-0.25, -0.2) is 0 Å². The third kappa shape index (κ3) is 2.88. The predicted molar refractivity (Wildman–Crippen MR) is 67.3 cm³/mol. The fourth-order valence-electron chi connectivity index (χ4n) is 1.77. The summed E-state index contributed by atoms with van der Waals surface area (Å²) in [5, 5.41) is 9.93. The maximum atomic E-state index is 9.60. The van der Waals surface area contributed by atoms with Crippen molar-refractivity contribution in [3.8, 4) is 0 Å². The molecule has 0 aromatic heterocycles. The van der Waals surface area contributed by atoms with Crippen molar-refractivity contribution in [2.75, 3.05) is 12.3 Å². The van der Waals surface area contributed by atoms with Gasteiger partial charge in [0.25, 0.3) is 0 Å². The van der Waals surface area contributed by atoms with Gasteiger partial charge < -0.3 is 5.11 Å². The molecule has 1 saturated heterocycles. The second-order valence-corrected chi connectivity index (χ2v) is 4.69. The maximum Gasteiger partial charge on any atom is 0.105 e. The van der Waals surface area contributed by atoms with Crippen molar-refractivity contribution < 1.29 is 5.11 Å². The van der Waals surface area contributed by atoms with E-state index in [2.05, 4.69) is 29.2 Å². The normalized spacial score (nSPS) is 23.5. The van der Waals surface area contributed by atoms with Crippen molar-refractivity contribution in [1.29, 1.82) is 0 Å². The SMILES string of the molecule is CC(O)N1CCSC1c1ccccc1.Cl. The lowest BCUT2D eigenvalue weighted by atomic mass is 10.2. The first-order chi connectivity index (χ1) is 6.79. The van der Waals surface area contributed by atoms with Gasteiger partial charge in [0, 0.05) is 12.3 Å². The molecule has 1 heterocycles. The maximum absolute atomic E-state index is 9.60. The zero-order valence-corrected chi connectivity index (χ0v) is 10.3. The van der Waals surface area contributed by atoms with Gasteiger partial charge in [-0.05, 0) is 12.5 Å². The number of hydrogen-bond acceptors (Lipinski definition) is 3. The summed E-state index contributed by atoms with van der Waals surface area (Å²) < 4.78 is 0. The van der Waals surface area contributed by atoms with Crippen LogP contribution in [0.15, 0.2) is 30.3 Å². The van der Waals surface area contributed by atoms with E-state index in [4.69, 9.17) is 0 Å². The van der Waals surface area contributed by atoms with E-state index in [1.807, 2.05) is 24.8 Å². The summed E-state index contributed by atoms with van der Waals surface area (Å²) >= 11 is 1.90. The molecule has 0 aliphatic carbocycles. The summed E-state index contributed by atoms with van der Waals surface area (Å²) in [6, 6.07) is 10.4. The lowest BCUT2D eigenvalue weighted by molar-refractivity contribution is 0.0202. The smallest absolute Gasteiger partial charge is 0.105 e. The van der Waals surface area contributed by atoms with Gasteiger partial charge in [-0.15, -0.1) is 24.2 Å². The van der Waals surface area contributed by atoms with Crippen LogP contribution in [-0.2, 0) is 0 Å². The molecule has 15 heavy (non-hydrogen) atoms. The van der Waals surface area contributed by atoms with Crippen LogP contribution >= 0.6 is 24.2 Å². The Kier molecular flexibility index (Phi) is 4.93. The largest absolute Gasteiger partial charge is 0.379 e. The quantitative estimate of drug-likeness (QED) is 0.866. The molecule has 1 aromatic rings. The van der Waals surface area contributed by atoms with E-state index in [0.717, 1.165) is 12.3 Å². The highest BCUT2D eigenvalue weighted by Crippen LogP contribution is 2.38. The summed E-state index contributed by atoms with van der Waals surface area (Å²) in [6.45, 7) is 2.81. The summed E-state index contributed by atoms with van der Waals surface area (Å²) in [6.07, 6.45) is -0.352. The number of rotatable bonds is 2. The Morgan fingerprint density at radius 2 is 2.07 bits per heavy atom. The van der Waals surface area contributed by atoms with Crippen LogP contribution in [0.5, 0.6) is 0 Å². The standard InChI is InChI=1S/C11H15NOS.ClH/c1-9(13)12-7-8-14-11(12)10-5-3-2-4-6-10;/h2-6,9,11,13H,7-8H2,1H3;1H. The molecule has 2 rings (SSSR count). The number of aliphatic hydroxyl groups excluding tert-OH is 1. The Balaban J connectivity index is 0.00000112. The highest BCUT2D eigenvalue weighted by molar-refractivity contribution is 7.99. The van der Waals surface area contributed by atoms with Crippen LogP contribution in [0.25, 0.3) is 0 Å². The summed E-state index contributed by atoms with van der Waals surface area (Å²) in [5.41, 5.74) is 1.29. The second kappa shape index (κ2) is 5.75. The highest BCUT2D eigenvalue weighted by Gasteiger charge is 2.28. The van der Waals surface area contributed by atoms with E-state index in [1.54, 1.807) is 0 Å². The molecule has 1 fully saturated rings. The van der Waals surface area contributed by atoms with Gasteiger partial charge in [0.2, 0.25) is 0 Å². The van der Waals surface area contributed by atoms with E-state index < -0.39 is 0 Å². The average Bonchev–Trinajstić information content (AvgIpc) is 2.67. The third-order valence-electron chi connectivity index (χ3n) is 2.49. The number of aliphatic hydroxyl groups is 1. The van der Waals surface area contributed by atoms with Crippen LogP contribution in [0.3, 0.4) is 0 Å². The van der Waals surface area contributed by atoms with Gasteiger partial charge in [-0.3, -0.25) is 4.90 Å². The van der Waals surface area contributed by atoms with Crippen molar-refractivity contribution in [2.24, 2.45) is 0 Å². The molecule has 2 unspecified atom stereocenters. The first-order valence-corrected chi connectivity index (χ1v) is 5.94. The van der Waals surface area contributed by atoms with Crippen LogP contribution in [0.4, 0.5) is 0 Å². The van der Waals surface area contributed by atoms with Crippen LogP contribution < -0.4 is 0 Å². The highest BCUT2D eigenvalue weighted by atomic mass is 35.5. The summed E-state index contributed by atoms with van der Waals surface area (Å²) in [5.74, 6) is 1.10. The zero-order valence-electron chi connectivity index (χ0n) is 8.67. The minimum atomic E-state index is -0.352. The van der Waals surface area contributed by atoms with Gasteiger partial charge in [-0.1, -0.05) is 30.3 Å².